The fourth-order valence-corrected chi connectivity index (χ4v) is 2.51. The van der Waals surface area contributed by atoms with Gasteiger partial charge in [0.05, 0.1) is 6.10 Å². The number of carbonyl (C=O) groups excluding carboxylic acids is 1. The topological polar surface area (TPSA) is 43.8 Å². The summed E-state index contributed by atoms with van der Waals surface area (Å²) in [6.07, 6.45) is 4.61. The van der Waals surface area contributed by atoms with Crippen molar-refractivity contribution in [1.29, 1.82) is 0 Å². The maximum atomic E-state index is 11.4. The zero-order valence-corrected chi connectivity index (χ0v) is 11.4. The average molecular weight is 242 g/mol. The van der Waals surface area contributed by atoms with Crippen molar-refractivity contribution < 1.29 is 9.90 Å². The van der Waals surface area contributed by atoms with Crippen LogP contribution < -0.4 is 0 Å². The largest absolute Gasteiger partial charge is 0.393 e. The first kappa shape index (κ1) is 14.5. The highest BCUT2D eigenvalue weighted by molar-refractivity contribution is 5.75. The van der Waals surface area contributed by atoms with E-state index < -0.39 is 0 Å². The molecule has 1 saturated heterocycles. The van der Waals surface area contributed by atoms with Gasteiger partial charge in [0.25, 0.3) is 0 Å². The van der Waals surface area contributed by atoms with Gasteiger partial charge in [-0.3, -0.25) is 4.79 Å². The predicted molar refractivity (Wildman–Crippen MR) is 68.8 cm³/mol. The Bertz CT molecular complexity index is 242. The SMILES string of the molecule is CC(O)CC1CCCN1CCCC(=O)N(C)C. The second-order valence-electron chi connectivity index (χ2n) is 5.31. The van der Waals surface area contributed by atoms with Crippen LogP contribution >= 0.6 is 0 Å². The summed E-state index contributed by atoms with van der Waals surface area (Å²) in [6, 6.07) is 0.518. The summed E-state index contributed by atoms with van der Waals surface area (Å²) >= 11 is 0. The van der Waals surface area contributed by atoms with E-state index in [4.69, 9.17) is 0 Å². The highest BCUT2D eigenvalue weighted by Gasteiger charge is 2.25. The molecule has 1 heterocycles. The Morgan fingerprint density at radius 3 is 2.82 bits per heavy atom. The number of hydrogen-bond donors (Lipinski definition) is 1. The van der Waals surface area contributed by atoms with Gasteiger partial charge >= 0.3 is 0 Å². The van der Waals surface area contributed by atoms with E-state index in [1.54, 1.807) is 19.0 Å². The van der Waals surface area contributed by atoms with Crippen LogP contribution in [0.2, 0.25) is 0 Å². The smallest absolute Gasteiger partial charge is 0.222 e. The van der Waals surface area contributed by atoms with Crippen molar-refractivity contribution in [2.24, 2.45) is 0 Å². The summed E-state index contributed by atoms with van der Waals surface area (Å²) in [6.45, 7) is 3.95. The molecule has 0 aromatic heterocycles. The van der Waals surface area contributed by atoms with Gasteiger partial charge in [-0.1, -0.05) is 0 Å². The molecule has 0 saturated carbocycles. The minimum atomic E-state index is -0.219. The zero-order chi connectivity index (χ0) is 12.8. The normalized spacial score (nSPS) is 22.7. The van der Waals surface area contributed by atoms with Gasteiger partial charge in [0.1, 0.15) is 0 Å². The third-order valence-electron chi connectivity index (χ3n) is 3.45. The molecule has 0 aromatic rings. The molecule has 1 N–H and O–H groups in total. The number of aliphatic hydroxyl groups is 1. The molecular formula is C13H26N2O2. The molecular weight excluding hydrogens is 216 g/mol. The number of likely N-dealkylation sites (tertiary alicyclic amines) is 1. The summed E-state index contributed by atoms with van der Waals surface area (Å²) in [5.41, 5.74) is 0. The van der Waals surface area contributed by atoms with Gasteiger partial charge in [-0.05, 0) is 45.7 Å². The van der Waals surface area contributed by atoms with Crippen LogP contribution in [0.4, 0.5) is 0 Å². The Kier molecular flexibility index (Phi) is 5.92. The van der Waals surface area contributed by atoms with Crippen molar-refractivity contribution in [2.45, 2.75) is 51.2 Å². The fraction of sp³-hybridized carbons (Fsp3) is 0.923. The summed E-state index contributed by atoms with van der Waals surface area (Å²) in [5, 5.41) is 9.43. The van der Waals surface area contributed by atoms with Crippen LogP contribution in [-0.2, 0) is 4.79 Å². The molecule has 2 atom stereocenters. The lowest BCUT2D eigenvalue weighted by atomic mass is 10.1. The zero-order valence-electron chi connectivity index (χ0n) is 11.4. The lowest BCUT2D eigenvalue weighted by Gasteiger charge is -2.25. The van der Waals surface area contributed by atoms with Gasteiger partial charge in [-0.2, -0.15) is 0 Å². The van der Waals surface area contributed by atoms with Gasteiger partial charge in [0.15, 0.2) is 0 Å². The molecule has 4 nitrogen and oxygen atoms in total. The quantitative estimate of drug-likeness (QED) is 0.758. The second kappa shape index (κ2) is 6.97. The molecule has 17 heavy (non-hydrogen) atoms. The summed E-state index contributed by atoms with van der Waals surface area (Å²) < 4.78 is 0. The van der Waals surface area contributed by atoms with E-state index in [-0.39, 0.29) is 12.0 Å². The summed E-state index contributed by atoms with van der Waals surface area (Å²) in [7, 11) is 3.60. The van der Waals surface area contributed by atoms with E-state index >= 15 is 0 Å². The monoisotopic (exact) mass is 242 g/mol. The molecule has 4 heteroatoms. The highest BCUT2D eigenvalue weighted by atomic mass is 16.3. The minimum absolute atomic E-state index is 0.205. The molecule has 0 aliphatic carbocycles. The van der Waals surface area contributed by atoms with Gasteiger partial charge in [-0.25, -0.2) is 0 Å². The Morgan fingerprint density at radius 1 is 1.53 bits per heavy atom. The molecule has 1 aliphatic heterocycles. The molecule has 2 unspecified atom stereocenters. The number of hydrogen-bond acceptors (Lipinski definition) is 3. The molecule has 100 valence electrons. The standard InChI is InChI=1S/C13H26N2O2/c1-11(16)10-12-6-4-8-15(12)9-5-7-13(17)14(2)3/h11-12,16H,4-10H2,1-3H3. The molecule has 0 aromatic carbocycles. The van der Waals surface area contributed by atoms with Gasteiger partial charge < -0.3 is 14.9 Å². The molecule has 0 spiro atoms. The Hall–Kier alpha value is -0.610. The number of nitrogens with zero attached hydrogens (tertiary/aromatic N) is 2. The lowest BCUT2D eigenvalue weighted by Crippen LogP contribution is -2.33. The minimum Gasteiger partial charge on any atom is -0.393 e. The lowest BCUT2D eigenvalue weighted by molar-refractivity contribution is -0.128. The maximum absolute atomic E-state index is 11.4. The number of carbonyl (C=O) groups is 1. The van der Waals surface area contributed by atoms with E-state index in [0.717, 1.165) is 25.9 Å². The molecule has 1 rings (SSSR count). The van der Waals surface area contributed by atoms with Crippen LogP contribution in [0.25, 0.3) is 0 Å². The Balaban J connectivity index is 2.23. The Labute approximate surface area is 105 Å². The van der Waals surface area contributed by atoms with Crippen LogP contribution in [0.15, 0.2) is 0 Å². The first-order chi connectivity index (χ1) is 8.00. The van der Waals surface area contributed by atoms with Gasteiger partial charge in [0, 0.05) is 26.6 Å². The van der Waals surface area contributed by atoms with E-state index in [1.165, 1.54) is 12.8 Å². The number of amides is 1. The number of aliphatic hydroxyl groups excluding tert-OH is 1. The first-order valence-corrected chi connectivity index (χ1v) is 6.63. The van der Waals surface area contributed by atoms with Crippen molar-refractivity contribution in [1.82, 2.24) is 9.80 Å². The predicted octanol–water partition coefficient (Wildman–Crippen LogP) is 1.09. The summed E-state index contributed by atoms with van der Waals surface area (Å²) in [5.74, 6) is 0.205. The van der Waals surface area contributed by atoms with Crippen molar-refractivity contribution in [3.05, 3.63) is 0 Å². The first-order valence-electron chi connectivity index (χ1n) is 6.63. The highest BCUT2D eigenvalue weighted by Crippen LogP contribution is 2.21. The van der Waals surface area contributed by atoms with Crippen molar-refractivity contribution in [3.63, 3.8) is 0 Å². The third kappa shape index (κ3) is 5.04. The van der Waals surface area contributed by atoms with E-state index in [9.17, 15) is 9.90 Å². The molecule has 0 radical (unpaired) electrons. The second-order valence-corrected chi connectivity index (χ2v) is 5.31. The van der Waals surface area contributed by atoms with Crippen LogP contribution in [0.1, 0.15) is 39.0 Å². The molecule has 1 amide bonds. The molecule has 1 fully saturated rings. The van der Waals surface area contributed by atoms with Crippen LogP contribution in [0, 0.1) is 0 Å². The number of rotatable bonds is 6. The van der Waals surface area contributed by atoms with Crippen molar-refractivity contribution >= 4 is 5.91 Å². The van der Waals surface area contributed by atoms with Crippen LogP contribution in [0.3, 0.4) is 0 Å². The van der Waals surface area contributed by atoms with Crippen LogP contribution in [0.5, 0.6) is 0 Å². The van der Waals surface area contributed by atoms with Crippen LogP contribution in [-0.4, -0.2) is 60.1 Å². The molecule has 1 aliphatic rings. The van der Waals surface area contributed by atoms with E-state index in [2.05, 4.69) is 4.90 Å². The van der Waals surface area contributed by atoms with E-state index in [0.29, 0.717) is 12.5 Å². The maximum Gasteiger partial charge on any atom is 0.222 e. The Morgan fingerprint density at radius 2 is 2.24 bits per heavy atom. The molecule has 0 bridgehead atoms. The van der Waals surface area contributed by atoms with Crippen molar-refractivity contribution in [2.75, 3.05) is 27.2 Å². The van der Waals surface area contributed by atoms with Crippen molar-refractivity contribution in [3.8, 4) is 0 Å². The summed E-state index contributed by atoms with van der Waals surface area (Å²) in [4.78, 5) is 15.5. The van der Waals surface area contributed by atoms with E-state index in [1.807, 2.05) is 6.92 Å². The fourth-order valence-electron chi connectivity index (χ4n) is 2.51. The third-order valence-corrected chi connectivity index (χ3v) is 3.45. The van der Waals surface area contributed by atoms with Gasteiger partial charge in [0.2, 0.25) is 5.91 Å². The average Bonchev–Trinajstić information content (AvgIpc) is 2.64. The van der Waals surface area contributed by atoms with Gasteiger partial charge in [-0.15, -0.1) is 0 Å².